The SMILES string of the molecule is CC(C)(C)Cc1ccc(C2(c3ccccc3)c3ccccc3-c3ccc(N(c4ccc(-c5ccccc5)cc4)c4ccccc4-c4ccccc4)cc32)cc1. The summed E-state index contributed by atoms with van der Waals surface area (Å²) >= 11 is 0. The molecule has 0 fully saturated rings. The van der Waals surface area contributed by atoms with Gasteiger partial charge in [0.1, 0.15) is 0 Å². The van der Waals surface area contributed by atoms with Gasteiger partial charge in [-0.25, -0.2) is 0 Å². The Balaban J connectivity index is 1.29. The van der Waals surface area contributed by atoms with E-state index in [1.54, 1.807) is 0 Å². The van der Waals surface area contributed by atoms with Gasteiger partial charge in [0.2, 0.25) is 0 Å². The molecule has 0 aromatic heterocycles. The van der Waals surface area contributed by atoms with Crippen LogP contribution in [0.4, 0.5) is 17.1 Å². The molecule has 8 aromatic carbocycles. The van der Waals surface area contributed by atoms with Crippen molar-refractivity contribution in [2.75, 3.05) is 4.90 Å². The summed E-state index contributed by atoms with van der Waals surface area (Å²) in [5, 5.41) is 0. The van der Waals surface area contributed by atoms with Crippen molar-refractivity contribution in [1.29, 1.82) is 0 Å². The predicted octanol–water partition coefficient (Wildman–Crippen LogP) is 14.4. The fourth-order valence-corrected chi connectivity index (χ4v) is 8.76. The van der Waals surface area contributed by atoms with E-state index in [1.807, 2.05) is 0 Å². The van der Waals surface area contributed by atoms with E-state index in [2.05, 4.69) is 232 Å². The summed E-state index contributed by atoms with van der Waals surface area (Å²) < 4.78 is 0. The van der Waals surface area contributed by atoms with Crippen LogP contribution < -0.4 is 4.90 Å². The summed E-state index contributed by atoms with van der Waals surface area (Å²) in [6.07, 6.45) is 1.03. The molecule has 1 atom stereocenters. The lowest BCUT2D eigenvalue weighted by Gasteiger charge is -2.35. The zero-order valence-electron chi connectivity index (χ0n) is 31.8. The average molecular weight is 708 g/mol. The Hall–Kier alpha value is -6.44. The minimum absolute atomic E-state index is 0.207. The van der Waals surface area contributed by atoms with Crippen LogP contribution in [-0.4, -0.2) is 0 Å². The van der Waals surface area contributed by atoms with Crippen LogP contribution in [0.15, 0.2) is 206 Å². The van der Waals surface area contributed by atoms with E-state index in [-0.39, 0.29) is 5.41 Å². The Morgan fingerprint density at radius 2 is 0.909 bits per heavy atom. The van der Waals surface area contributed by atoms with Gasteiger partial charge in [0.25, 0.3) is 0 Å². The van der Waals surface area contributed by atoms with Crippen molar-refractivity contribution in [3.05, 3.63) is 234 Å². The molecule has 0 aliphatic heterocycles. The molecule has 266 valence electrons. The quantitative estimate of drug-likeness (QED) is 0.152. The van der Waals surface area contributed by atoms with E-state index >= 15 is 0 Å². The van der Waals surface area contributed by atoms with Crippen molar-refractivity contribution in [2.45, 2.75) is 32.6 Å². The van der Waals surface area contributed by atoms with Gasteiger partial charge >= 0.3 is 0 Å². The zero-order chi connectivity index (χ0) is 37.4. The maximum atomic E-state index is 2.47. The molecule has 0 amide bonds. The molecule has 8 aromatic rings. The van der Waals surface area contributed by atoms with Gasteiger partial charge in [0, 0.05) is 16.9 Å². The highest BCUT2D eigenvalue weighted by Gasteiger charge is 2.46. The Morgan fingerprint density at radius 3 is 1.58 bits per heavy atom. The summed E-state index contributed by atoms with van der Waals surface area (Å²) in [7, 11) is 0. The molecule has 0 saturated heterocycles. The standard InChI is InChI=1S/C54H45N/c1-53(2,3)38-39-27-31-44(32-28-39)54(43-21-11-6-12-22-43)50-25-15-13-24-48(50)49-36-35-46(37-51(49)54)55(45-33-29-41(30-34-45)40-17-7-4-8-18-40)52-26-16-14-23-47(52)42-19-9-5-10-20-42/h4-37H,38H2,1-3H3. The first-order valence-electron chi connectivity index (χ1n) is 19.4. The second-order valence-electron chi connectivity index (χ2n) is 16.0. The van der Waals surface area contributed by atoms with E-state index in [0.717, 1.165) is 23.5 Å². The molecule has 55 heavy (non-hydrogen) atoms. The Morgan fingerprint density at radius 1 is 0.400 bits per heavy atom. The maximum absolute atomic E-state index is 2.47. The molecular weight excluding hydrogens is 663 g/mol. The van der Waals surface area contributed by atoms with Crippen molar-refractivity contribution < 1.29 is 0 Å². The van der Waals surface area contributed by atoms with Crippen molar-refractivity contribution >= 4 is 17.1 Å². The number of anilines is 3. The lowest BCUT2D eigenvalue weighted by molar-refractivity contribution is 0.411. The Labute approximate surface area is 326 Å². The fourth-order valence-electron chi connectivity index (χ4n) is 8.76. The number of fused-ring (bicyclic) bond motifs is 3. The predicted molar refractivity (Wildman–Crippen MR) is 232 cm³/mol. The van der Waals surface area contributed by atoms with Crippen LogP contribution in [0.3, 0.4) is 0 Å². The molecule has 0 radical (unpaired) electrons. The van der Waals surface area contributed by atoms with Crippen molar-refractivity contribution in [3.8, 4) is 33.4 Å². The number of hydrogen-bond donors (Lipinski definition) is 0. The minimum Gasteiger partial charge on any atom is -0.310 e. The Kier molecular flexibility index (Phi) is 8.79. The second-order valence-corrected chi connectivity index (χ2v) is 16.0. The topological polar surface area (TPSA) is 3.24 Å². The van der Waals surface area contributed by atoms with E-state index in [0.29, 0.717) is 0 Å². The highest BCUT2D eigenvalue weighted by molar-refractivity contribution is 5.92. The summed E-state index contributed by atoms with van der Waals surface area (Å²) in [4.78, 5) is 2.45. The van der Waals surface area contributed by atoms with Crippen LogP contribution in [0.5, 0.6) is 0 Å². The van der Waals surface area contributed by atoms with E-state index < -0.39 is 5.41 Å². The third-order valence-electron chi connectivity index (χ3n) is 11.1. The van der Waals surface area contributed by atoms with Gasteiger partial charge in [0.05, 0.1) is 11.1 Å². The first kappa shape index (κ1) is 34.3. The highest BCUT2D eigenvalue weighted by Crippen LogP contribution is 2.57. The molecule has 1 unspecified atom stereocenters. The van der Waals surface area contributed by atoms with Crippen LogP contribution in [0.1, 0.15) is 48.6 Å². The lowest BCUT2D eigenvalue weighted by atomic mass is 9.67. The molecule has 0 bridgehead atoms. The van der Waals surface area contributed by atoms with Crippen molar-refractivity contribution in [2.24, 2.45) is 5.41 Å². The fraction of sp³-hybridized carbons (Fsp3) is 0.111. The monoisotopic (exact) mass is 707 g/mol. The summed E-state index contributed by atoms with van der Waals surface area (Å²) in [5.41, 5.74) is 16.9. The van der Waals surface area contributed by atoms with Crippen LogP contribution in [0, 0.1) is 5.41 Å². The summed E-state index contributed by atoms with van der Waals surface area (Å²) in [6, 6.07) is 76.0. The number of rotatable bonds is 8. The molecule has 1 nitrogen and oxygen atoms in total. The van der Waals surface area contributed by atoms with Crippen molar-refractivity contribution in [1.82, 2.24) is 0 Å². The average Bonchev–Trinajstić information content (AvgIpc) is 3.52. The van der Waals surface area contributed by atoms with Crippen LogP contribution in [0.2, 0.25) is 0 Å². The van der Waals surface area contributed by atoms with Gasteiger partial charge in [-0.3, -0.25) is 0 Å². The molecule has 0 N–H and O–H groups in total. The number of para-hydroxylation sites is 1. The zero-order valence-corrected chi connectivity index (χ0v) is 31.8. The first-order chi connectivity index (χ1) is 26.9. The minimum atomic E-state index is -0.509. The number of benzene rings is 8. The van der Waals surface area contributed by atoms with E-state index in [9.17, 15) is 0 Å². The molecule has 0 saturated carbocycles. The molecule has 9 rings (SSSR count). The smallest absolute Gasteiger partial charge is 0.0714 e. The summed E-state index contributed by atoms with van der Waals surface area (Å²) in [5.74, 6) is 0. The first-order valence-corrected chi connectivity index (χ1v) is 19.4. The third kappa shape index (κ3) is 6.26. The largest absolute Gasteiger partial charge is 0.310 e. The summed E-state index contributed by atoms with van der Waals surface area (Å²) in [6.45, 7) is 6.94. The molecule has 0 heterocycles. The van der Waals surface area contributed by atoms with E-state index in [4.69, 9.17) is 0 Å². The molecule has 0 spiro atoms. The maximum Gasteiger partial charge on any atom is 0.0714 e. The lowest BCUT2D eigenvalue weighted by Crippen LogP contribution is -2.29. The van der Waals surface area contributed by atoms with Gasteiger partial charge < -0.3 is 4.90 Å². The van der Waals surface area contributed by atoms with Crippen LogP contribution in [0.25, 0.3) is 33.4 Å². The molecule has 1 aliphatic rings. The number of hydrogen-bond acceptors (Lipinski definition) is 1. The van der Waals surface area contributed by atoms with E-state index in [1.165, 1.54) is 61.2 Å². The van der Waals surface area contributed by atoms with Gasteiger partial charge in [-0.15, -0.1) is 0 Å². The number of nitrogens with zero attached hydrogens (tertiary/aromatic N) is 1. The van der Waals surface area contributed by atoms with Gasteiger partial charge in [-0.1, -0.05) is 197 Å². The van der Waals surface area contributed by atoms with Gasteiger partial charge in [-0.2, -0.15) is 0 Å². The Bertz CT molecular complexity index is 2560. The van der Waals surface area contributed by atoms with Crippen LogP contribution >= 0.6 is 0 Å². The molecule has 1 heteroatoms. The molecule has 1 aliphatic carbocycles. The van der Waals surface area contributed by atoms with Gasteiger partial charge in [0.15, 0.2) is 0 Å². The highest BCUT2D eigenvalue weighted by atomic mass is 15.1. The normalized spacial score (nSPS) is 14.6. The van der Waals surface area contributed by atoms with Crippen molar-refractivity contribution in [3.63, 3.8) is 0 Å². The van der Waals surface area contributed by atoms with Gasteiger partial charge in [-0.05, 0) is 97.8 Å². The van der Waals surface area contributed by atoms with Crippen LogP contribution in [-0.2, 0) is 11.8 Å². The second kappa shape index (κ2) is 14.1. The third-order valence-corrected chi connectivity index (χ3v) is 11.1. The molecular formula is C54H45N.